The predicted molar refractivity (Wildman–Crippen MR) is 57.8 cm³/mol. The topological polar surface area (TPSA) is 123 Å². The van der Waals surface area contributed by atoms with Gasteiger partial charge in [-0.3, -0.25) is 9.59 Å². The maximum absolute atomic E-state index is 11.4. The molecule has 1 rings (SSSR count). The highest BCUT2D eigenvalue weighted by Gasteiger charge is 2.05. The molecule has 0 aliphatic rings. The van der Waals surface area contributed by atoms with Crippen molar-refractivity contribution in [2.45, 2.75) is 25.9 Å². The molecule has 0 bridgehead atoms. The van der Waals surface area contributed by atoms with Crippen molar-refractivity contribution in [3.63, 3.8) is 0 Å². The molecule has 0 fully saturated rings. The van der Waals surface area contributed by atoms with E-state index in [0.717, 1.165) is 0 Å². The Bertz CT molecular complexity index is 390. The lowest BCUT2D eigenvalue weighted by Gasteiger charge is -2.03. The Morgan fingerprint density at radius 1 is 1.53 bits per heavy atom. The monoisotopic (exact) mass is 241 g/mol. The van der Waals surface area contributed by atoms with Crippen molar-refractivity contribution in [3.8, 4) is 0 Å². The number of aromatic nitrogens is 3. The lowest BCUT2D eigenvalue weighted by Crippen LogP contribution is -2.28. The number of aliphatic carboxylic acids is 1. The highest BCUT2D eigenvalue weighted by molar-refractivity contribution is 5.75. The smallest absolute Gasteiger partial charge is 0.303 e. The van der Waals surface area contributed by atoms with E-state index in [1.54, 1.807) is 6.20 Å². The first-order valence-corrected chi connectivity index (χ1v) is 5.19. The van der Waals surface area contributed by atoms with Crippen LogP contribution in [0.2, 0.25) is 0 Å². The summed E-state index contributed by atoms with van der Waals surface area (Å²) in [6.07, 6.45) is 2.05. The molecule has 0 radical (unpaired) electrons. The molecule has 0 saturated carbocycles. The molecule has 1 heterocycles. The van der Waals surface area contributed by atoms with Gasteiger partial charge < -0.3 is 16.2 Å². The number of rotatable bonds is 7. The molecular weight excluding hydrogens is 226 g/mol. The molecule has 94 valence electrons. The van der Waals surface area contributed by atoms with Crippen molar-refractivity contribution in [2.75, 3.05) is 6.54 Å². The van der Waals surface area contributed by atoms with Crippen LogP contribution in [-0.4, -0.2) is 38.5 Å². The van der Waals surface area contributed by atoms with E-state index >= 15 is 0 Å². The van der Waals surface area contributed by atoms with E-state index in [2.05, 4.69) is 15.6 Å². The molecule has 0 saturated heterocycles. The van der Waals surface area contributed by atoms with Crippen LogP contribution in [0, 0.1) is 0 Å². The molecule has 8 nitrogen and oxygen atoms in total. The van der Waals surface area contributed by atoms with Crippen LogP contribution in [0.4, 0.5) is 0 Å². The standard InChI is InChI=1S/C9H15N5O3/c10-4-7-5-14(13-12-7)6-8(15)11-3-1-2-9(16)17/h5H,1-4,6,10H2,(H,11,15)(H,16,17). The van der Waals surface area contributed by atoms with Gasteiger partial charge in [0, 0.05) is 19.5 Å². The molecule has 4 N–H and O–H groups in total. The van der Waals surface area contributed by atoms with E-state index < -0.39 is 5.97 Å². The van der Waals surface area contributed by atoms with Gasteiger partial charge in [-0.05, 0) is 6.42 Å². The van der Waals surface area contributed by atoms with Crippen molar-refractivity contribution in [1.29, 1.82) is 0 Å². The van der Waals surface area contributed by atoms with Gasteiger partial charge in [0.25, 0.3) is 0 Å². The normalized spacial score (nSPS) is 10.2. The van der Waals surface area contributed by atoms with Crippen LogP contribution in [0.15, 0.2) is 6.20 Å². The van der Waals surface area contributed by atoms with Gasteiger partial charge in [-0.2, -0.15) is 0 Å². The van der Waals surface area contributed by atoms with E-state index in [9.17, 15) is 9.59 Å². The Hall–Kier alpha value is -1.96. The van der Waals surface area contributed by atoms with Crippen LogP contribution in [0.5, 0.6) is 0 Å². The summed E-state index contributed by atoms with van der Waals surface area (Å²) >= 11 is 0. The number of carboxylic acid groups (broad SMARTS) is 1. The fraction of sp³-hybridized carbons (Fsp3) is 0.556. The second kappa shape index (κ2) is 6.59. The minimum absolute atomic E-state index is 0.0426. The molecule has 1 aromatic rings. The molecule has 0 spiro atoms. The van der Waals surface area contributed by atoms with Crippen LogP contribution in [-0.2, 0) is 22.7 Å². The van der Waals surface area contributed by atoms with E-state index in [-0.39, 0.29) is 25.4 Å². The predicted octanol–water partition coefficient (Wildman–Crippen LogP) is -1.28. The maximum Gasteiger partial charge on any atom is 0.303 e. The second-order valence-electron chi connectivity index (χ2n) is 3.46. The van der Waals surface area contributed by atoms with Gasteiger partial charge in [-0.15, -0.1) is 5.10 Å². The second-order valence-corrected chi connectivity index (χ2v) is 3.46. The highest BCUT2D eigenvalue weighted by Crippen LogP contribution is 1.91. The largest absolute Gasteiger partial charge is 0.481 e. The number of nitrogens with one attached hydrogen (secondary N) is 1. The maximum atomic E-state index is 11.4. The first kappa shape index (κ1) is 13.1. The Morgan fingerprint density at radius 2 is 2.29 bits per heavy atom. The third-order valence-electron chi connectivity index (χ3n) is 1.99. The fourth-order valence-electron chi connectivity index (χ4n) is 1.18. The van der Waals surface area contributed by atoms with Crippen LogP contribution in [0.25, 0.3) is 0 Å². The Balaban J connectivity index is 2.22. The number of hydrogen-bond acceptors (Lipinski definition) is 5. The fourth-order valence-corrected chi connectivity index (χ4v) is 1.18. The zero-order valence-electron chi connectivity index (χ0n) is 9.30. The van der Waals surface area contributed by atoms with Crippen molar-refractivity contribution in [2.24, 2.45) is 5.73 Å². The van der Waals surface area contributed by atoms with E-state index in [0.29, 0.717) is 18.7 Å². The summed E-state index contributed by atoms with van der Waals surface area (Å²) in [5.74, 6) is -1.10. The van der Waals surface area contributed by atoms with Gasteiger partial charge in [-0.25, -0.2) is 4.68 Å². The molecule has 8 heteroatoms. The molecule has 1 amide bonds. The van der Waals surface area contributed by atoms with Crippen molar-refractivity contribution < 1.29 is 14.7 Å². The Kier molecular flexibility index (Phi) is 5.08. The average molecular weight is 241 g/mol. The number of hydrogen-bond donors (Lipinski definition) is 3. The zero-order valence-corrected chi connectivity index (χ0v) is 9.30. The van der Waals surface area contributed by atoms with Crippen molar-refractivity contribution in [3.05, 3.63) is 11.9 Å². The van der Waals surface area contributed by atoms with E-state index in [1.165, 1.54) is 4.68 Å². The summed E-state index contributed by atoms with van der Waals surface area (Å²) in [6.45, 7) is 0.671. The number of carbonyl (C=O) groups is 2. The lowest BCUT2D eigenvalue weighted by atomic mass is 10.3. The molecule has 0 aromatic carbocycles. The number of nitrogens with zero attached hydrogens (tertiary/aromatic N) is 3. The Labute approximate surface area is 97.8 Å². The molecule has 0 atom stereocenters. The Morgan fingerprint density at radius 3 is 2.88 bits per heavy atom. The summed E-state index contributed by atoms with van der Waals surface area (Å²) < 4.78 is 1.38. The van der Waals surface area contributed by atoms with Gasteiger partial charge in [0.2, 0.25) is 5.91 Å². The van der Waals surface area contributed by atoms with Gasteiger partial charge in [0.05, 0.1) is 11.9 Å². The van der Waals surface area contributed by atoms with Crippen LogP contribution < -0.4 is 11.1 Å². The number of nitrogens with two attached hydrogens (primary N) is 1. The summed E-state index contributed by atoms with van der Waals surface area (Å²) in [5.41, 5.74) is 5.96. The van der Waals surface area contributed by atoms with E-state index in [1.807, 2.05) is 0 Å². The van der Waals surface area contributed by atoms with Crippen LogP contribution >= 0.6 is 0 Å². The molecule has 1 aromatic heterocycles. The van der Waals surface area contributed by atoms with Crippen LogP contribution in [0.3, 0.4) is 0 Å². The minimum Gasteiger partial charge on any atom is -0.481 e. The summed E-state index contributed by atoms with van der Waals surface area (Å²) in [6, 6.07) is 0. The number of amides is 1. The third-order valence-corrected chi connectivity index (χ3v) is 1.99. The lowest BCUT2D eigenvalue weighted by molar-refractivity contribution is -0.137. The molecular formula is C9H15N5O3. The zero-order chi connectivity index (χ0) is 12.7. The quantitative estimate of drug-likeness (QED) is 0.511. The molecule has 0 aliphatic carbocycles. The minimum atomic E-state index is -0.872. The average Bonchev–Trinajstić information content (AvgIpc) is 2.72. The number of carbonyl (C=O) groups excluding carboxylic acids is 1. The van der Waals surface area contributed by atoms with E-state index in [4.69, 9.17) is 10.8 Å². The summed E-state index contributed by atoms with van der Waals surface area (Å²) in [4.78, 5) is 21.6. The first-order valence-electron chi connectivity index (χ1n) is 5.19. The van der Waals surface area contributed by atoms with Gasteiger partial charge in [-0.1, -0.05) is 5.21 Å². The molecule has 0 aliphatic heterocycles. The van der Waals surface area contributed by atoms with Crippen molar-refractivity contribution >= 4 is 11.9 Å². The van der Waals surface area contributed by atoms with Crippen molar-refractivity contribution in [1.82, 2.24) is 20.3 Å². The number of carboxylic acids is 1. The molecule has 17 heavy (non-hydrogen) atoms. The SMILES string of the molecule is NCc1cn(CC(=O)NCCCC(=O)O)nn1. The van der Waals surface area contributed by atoms with Crippen LogP contribution in [0.1, 0.15) is 18.5 Å². The van der Waals surface area contributed by atoms with Gasteiger partial charge in [0.15, 0.2) is 0 Å². The highest BCUT2D eigenvalue weighted by atomic mass is 16.4. The first-order chi connectivity index (χ1) is 8.11. The third kappa shape index (κ3) is 5.07. The van der Waals surface area contributed by atoms with Gasteiger partial charge >= 0.3 is 5.97 Å². The van der Waals surface area contributed by atoms with Gasteiger partial charge in [0.1, 0.15) is 6.54 Å². The molecule has 0 unspecified atom stereocenters. The summed E-state index contributed by atoms with van der Waals surface area (Å²) in [7, 11) is 0. The summed E-state index contributed by atoms with van der Waals surface area (Å²) in [5, 5.41) is 18.4.